The van der Waals surface area contributed by atoms with E-state index in [0.717, 1.165) is 11.0 Å². The fourth-order valence-electron chi connectivity index (χ4n) is 1.50. The zero-order valence-corrected chi connectivity index (χ0v) is 10.5. The number of hydrogen-bond donors (Lipinski definition) is 1. The molecular formula is C14H11N3O3. The minimum absolute atomic E-state index is 0.179. The smallest absolute Gasteiger partial charge is 0.328 e. The van der Waals surface area contributed by atoms with Gasteiger partial charge in [0.15, 0.2) is 0 Å². The van der Waals surface area contributed by atoms with E-state index in [1.807, 2.05) is 12.1 Å². The first kappa shape index (κ1) is 14.9. The Morgan fingerprint density at radius 2 is 1.90 bits per heavy atom. The summed E-state index contributed by atoms with van der Waals surface area (Å²) in [7, 11) is 0. The van der Waals surface area contributed by atoms with Gasteiger partial charge in [0.25, 0.3) is 5.91 Å². The quantitative estimate of drug-likeness (QED) is 0.640. The van der Waals surface area contributed by atoms with Crippen molar-refractivity contribution in [1.82, 2.24) is 4.90 Å². The molecule has 0 saturated heterocycles. The summed E-state index contributed by atoms with van der Waals surface area (Å²) in [6, 6.07) is 9.94. The highest BCUT2D eigenvalue weighted by Crippen LogP contribution is 2.10. The number of nitriles is 2. The first-order valence-corrected chi connectivity index (χ1v) is 5.62. The van der Waals surface area contributed by atoms with Gasteiger partial charge >= 0.3 is 5.97 Å². The zero-order chi connectivity index (χ0) is 15.0. The van der Waals surface area contributed by atoms with Crippen LogP contribution in [0.25, 0.3) is 6.08 Å². The molecule has 0 atom stereocenters. The lowest BCUT2D eigenvalue weighted by Gasteiger charge is -2.15. The number of aliphatic carboxylic acids is 1. The number of carbonyl (C=O) groups excluding carboxylic acids is 1. The molecule has 0 spiro atoms. The molecule has 0 aliphatic carbocycles. The summed E-state index contributed by atoms with van der Waals surface area (Å²) in [5, 5.41) is 25.8. The molecule has 1 rings (SSSR count). The average molecular weight is 269 g/mol. The van der Waals surface area contributed by atoms with Gasteiger partial charge in [-0.3, -0.25) is 4.79 Å². The molecule has 0 aliphatic rings. The normalized spacial score (nSPS) is 9.70. The molecule has 0 fully saturated rings. The summed E-state index contributed by atoms with van der Waals surface area (Å²) in [6.45, 7) is -0.358. The van der Waals surface area contributed by atoms with E-state index in [1.165, 1.54) is 12.1 Å². The fraction of sp³-hybridized carbons (Fsp3) is 0.143. The van der Waals surface area contributed by atoms with Gasteiger partial charge in [-0.2, -0.15) is 10.5 Å². The Kier molecular flexibility index (Phi) is 5.49. The van der Waals surface area contributed by atoms with Crippen LogP contribution < -0.4 is 0 Å². The van der Waals surface area contributed by atoms with Crippen molar-refractivity contribution in [3.63, 3.8) is 0 Å². The summed E-state index contributed by atoms with van der Waals surface area (Å²) in [6.07, 6.45) is 2.32. The van der Waals surface area contributed by atoms with Gasteiger partial charge in [-0.1, -0.05) is 12.1 Å². The Morgan fingerprint density at radius 1 is 1.25 bits per heavy atom. The number of nitrogens with zero attached hydrogens (tertiary/aromatic N) is 3. The molecule has 0 heterocycles. The van der Waals surface area contributed by atoms with Crippen molar-refractivity contribution in [2.75, 3.05) is 13.1 Å². The van der Waals surface area contributed by atoms with Gasteiger partial charge in [0.05, 0.1) is 12.1 Å². The average Bonchev–Trinajstić information content (AvgIpc) is 2.44. The lowest BCUT2D eigenvalue weighted by Crippen LogP contribution is -2.31. The molecule has 1 aromatic rings. The van der Waals surface area contributed by atoms with E-state index in [0.29, 0.717) is 11.1 Å². The van der Waals surface area contributed by atoms with Crippen LogP contribution in [0.15, 0.2) is 30.3 Å². The van der Waals surface area contributed by atoms with Crippen molar-refractivity contribution in [2.24, 2.45) is 0 Å². The Bertz CT molecular complexity index is 607. The predicted molar refractivity (Wildman–Crippen MR) is 70.2 cm³/mol. The lowest BCUT2D eigenvalue weighted by atomic mass is 10.1. The van der Waals surface area contributed by atoms with E-state index in [1.54, 1.807) is 18.2 Å². The van der Waals surface area contributed by atoms with Crippen molar-refractivity contribution in [1.29, 1.82) is 10.5 Å². The van der Waals surface area contributed by atoms with Crippen LogP contribution in [0.4, 0.5) is 0 Å². The van der Waals surface area contributed by atoms with Crippen molar-refractivity contribution in [2.45, 2.75) is 0 Å². The highest BCUT2D eigenvalue weighted by atomic mass is 16.4. The molecule has 0 aromatic heterocycles. The van der Waals surface area contributed by atoms with Crippen LogP contribution >= 0.6 is 0 Å². The Morgan fingerprint density at radius 3 is 2.45 bits per heavy atom. The standard InChI is InChI=1S/C14H11N3O3/c15-6-8-17(9-7-16)14(20)12-3-1-2-11(10-12)4-5-13(18)19/h1-5,10H,8-9H2,(H,18,19). The molecule has 6 heteroatoms. The van der Waals surface area contributed by atoms with Crippen LogP contribution in [-0.2, 0) is 4.79 Å². The summed E-state index contributed by atoms with van der Waals surface area (Å²) in [5.74, 6) is -1.53. The molecule has 20 heavy (non-hydrogen) atoms. The van der Waals surface area contributed by atoms with E-state index in [9.17, 15) is 9.59 Å². The van der Waals surface area contributed by atoms with Gasteiger partial charge in [-0.05, 0) is 23.8 Å². The van der Waals surface area contributed by atoms with Crippen LogP contribution in [0, 0.1) is 22.7 Å². The molecule has 1 N–H and O–H groups in total. The van der Waals surface area contributed by atoms with E-state index in [-0.39, 0.29) is 13.1 Å². The fourth-order valence-corrected chi connectivity index (χ4v) is 1.50. The molecule has 100 valence electrons. The van der Waals surface area contributed by atoms with E-state index < -0.39 is 11.9 Å². The molecule has 0 radical (unpaired) electrons. The molecule has 1 aromatic carbocycles. The first-order valence-electron chi connectivity index (χ1n) is 5.62. The summed E-state index contributed by atoms with van der Waals surface area (Å²) < 4.78 is 0. The molecule has 1 amide bonds. The van der Waals surface area contributed by atoms with Gasteiger partial charge < -0.3 is 10.0 Å². The lowest BCUT2D eigenvalue weighted by molar-refractivity contribution is -0.131. The van der Waals surface area contributed by atoms with Gasteiger partial charge in [0.1, 0.15) is 13.1 Å². The monoisotopic (exact) mass is 269 g/mol. The maximum absolute atomic E-state index is 12.1. The van der Waals surface area contributed by atoms with Crippen LogP contribution in [0.2, 0.25) is 0 Å². The number of carboxylic acids is 1. The number of amides is 1. The van der Waals surface area contributed by atoms with Crippen molar-refractivity contribution in [3.05, 3.63) is 41.5 Å². The number of carbonyl (C=O) groups is 2. The Labute approximate surface area is 115 Å². The van der Waals surface area contributed by atoms with Gasteiger partial charge in [0, 0.05) is 11.6 Å². The second-order valence-electron chi connectivity index (χ2n) is 3.77. The van der Waals surface area contributed by atoms with Crippen molar-refractivity contribution >= 4 is 18.0 Å². The van der Waals surface area contributed by atoms with Crippen LogP contribution in [0.1, 0.15) is 15.9 Å². The maximum Gasteiger partial charge on any atom is 0.328 e. The van der Waals surface area contributed by atoms with Gasteiger partial charge in [-0.15, -0.1) is 0 Å². The summed E-state index contributed by atoms with van der Waals surface area (Å²) in [5.41, 5.74) is 0.843. The number of rotatable bonds is 5. The van der Waals surface area contributed by atoms with E-state index in [4.69, 9.17) is 15.6 Å². The number of carboxylic acid groups (broad SMARTS) is 1. The highest BCUT2D eigenvalue weighted by Gasteiger charge is 2.14. The van der Waals surface area contributed by atoms with Crippen molar-refractivity contribution in [3.8, 4) is 12.1 Å². The van der Waals surface area contributed by atoms with Gasteiger partial charge in [0.2, 0.25) is 0 Å². The second kappa shape index (κ2) is 7.34. The number of benzene rings is 1. The Balaban J connectivity index is 2.99. The minimum Gasteiger partial charge on any atom is -0.478 e. The zero-order valence-electron chi connectivity index (χ0n) is 10.5. The third-order valence-electron chi connectivity index (χ3n) is 2.36. The molecule has 0 saturated carbocycles. The maximum atomic E-state index is 12.1. The molecule has 0 aliphatic heterocycles. The molecule has 6 nitrogen and oxygen atoms in total. The predicted octanol–water partition coefficient (Wildman–Crippen LogP) is 1.27. The summed E-state index contributed by atoms with van der Waals surface area (Å²) in [4.78, 5) is 23.6. The highest BCUT2D eigenvalue weighted by molar-refractivity contribution is 5.95. The minimum atomic E-state index is -1.09. The Hall–Kier alpha value is -3.12. The SMILES string of the molecule is N#CCN(CC#N)C(=O)c1cccc(C=CC(=O)O)c1. The first-order chi connectivity index (χ1) is 9.58. The third-order valence-corrected chi connectivity index (χ3v) is 2.36. The van der Waals surface area contributed by atoms with Crippen LogP contribution in [0.5, 0.6) is 0 Å². The molecular weight excluding hydrogens is 258 g/mol. The third kappa shape index (κ3) is 4.28. The van der Waals surface area contributed by atoms with Crippen LogP contribution in [0.3, 0.4) is 0 Å². The van der Waals surface area contributed by atoms with Crippen LogP contribution in [-0.4, -0.2) is 35.0 Å². The van der Waals surface area contributed by atoms with E-state index in [2.05, 4.69) is 0 Å². The van der Waals surface area contributed by atoms with E-state index >= 15 is 0 Å². The molecule has 0 unspecified atom stereocenters. The second-order valence-corrected chi connectivity index (χ2v) is 3.77. The number of hydrogen-bond acceptors (Lipinski definition) is 4. The topological polar surface area (TPSA) is 105 Å². The summed E-state index contributed by atoms with van der Waals surface area (Å²) >= 11 is 0. The van der Waals surface area contributed by atoms with Gasteiger partial charge in [-0.25, -0.2) is 4.79 Å². The van der Waals surface area contributed by atoms with Crippen molar-refractivity contribution < 1.29 is 14.7 Å². The largest absolute Gasteiger partial charge is 0.478 e. The molecule has 0 bridgehead atoms.